The topological polar surface area (TPSA) is 92.3 Å². The van der Waals surface area contributed by atoms with Gasteiger partial charge in [0, 0.05) is 40.5 Å². The number of pyridine rings is 1. The zero-order valence-corrected chi connectivity index (χ0v) is 16.1. The number of carbonyl (C=O) groups excluding carboxylic acids is 1. The molecule has 0 unspecified atom stereocenters. The zero-order valence-electron chi connectivity index (χ0n) is 16.1. The highest BCUT2D eigenvalue weighted by atomic mass is 16.5. The predicted molar refractivity (Wildman–Crippen MR) is 115 cm³/mol. The van der Waals surface area contributed by atoms with Crippen molar-refractivity contribution in [3.8, 4) is 16.9 Å². The van der Waals surface area contributed by atoms with Crippen LogP contribution in [-0.4, -0.2) is 33.9 Å². The quantitative estimate of drug-likeness (QED) is 0.367. The molecule has 0 spiro atoms. The number of ether oxygens (including phenoxy) is 1. The molecule has 2 N–H and O–H groups in total. The highest BCUT2D eigenvalue weighted by molar-refractivity contribution is 6.16. The van der Waals surface area contributed by atoms with Crippen LogP contribution in [0.5, 0.6) is 5.75 Å². The summed E-state index contributed by atoms with van der Waals surface area (Å²) in [7, 11) is 1.56. The van der Waals surface area contributed by atoms with Crippen molar-refractivity contribution in [3.05, 3.63) is 89.8 Å². The van der Waals surface area contributed by atoms with E-state index in [0.717, 1.165) is 22.8 Å². The van der Waals surface area contributed by atoms with E-state index in [1.54, 1.807) is 43.8 Å². The van der Waals surface area contributed by atoms with E-state index in [9.17, 15) is 9.59 Å². The maximum Gasteiger partial charge on any atom is 0.328 e. The van der Waals surface area contributed by atoms with Crippen LogP contribution in [0.1, 0.15) is 21.5 Å². The minimum atomic E-state index is -1.00. The standard InChI is InChI=1S/C24H18N2O4/c1-30-19-7-3-6-17(11-19)23(29)21-14-26-24-20(21)12-18(13-25-24)16-5-2-4-15(10-16)8-9-22(27)28/h2-14H,1H3,(H,25,26)(H,27,28). The first kappa shape index (κ1) is 19.1. The normalized spacial score (nSPS) is 11.1. The summed E-state index contributed by atoms with van der Waals surface area (Å²) < 4.78 is 5.22. The van der Waals surface area contributed by atoms with E-state index in [4.69, 9.17) is 9.84 Å². The molecule has 30 heavy (non-hydrogen) atoms. The van der Waals surface area contributed by atoms with Crippen molar-refractivity contribution in [1.82, 2.24) is 9.97 Å². The summed E-state index contributed by atoms with van der Waals surface area (Å²) in [6.07, 6.45) is 6.01. The molecule has 4 rings (SSSR count). The predicted octanol–water partition coefficient (Wildman–Crippen LogP) is 4.57. The fourth-order valence-electron chi connectivity index (χ4n) is 3.26. The van der Waals surface area contributed by atoms with Gasteiger partial charge in [-0.05, 0) is 41.5 Å². The first-order valence-electron chi connectivity index (χ1n) is 9.22. The van der Waals surface area contributed by atoms with Gasteiger partial charge in [-0.25, -0.2) is 9.78 Å². The van der Waals surface area contributed by atoms with Crippen LogP contribution in [0.2, 0.25) is 0 Å². The van der Waals surface area contributed by atoms with Crippen LogP contribution >= 0.6 is 0 Å². The summed E-state index contributed by atoms with van der Waals surface area (Å²) >= 11 is 0. The van der Waals surface area contributed by atoms with Crippen LogP contribution in [0, 0.1) is 0 Å². The lowest BCUT2D eigenvalue weighted by atomic mass is 10.00. The SMILES string of the molecule is COc1cccc(C(=O)c2c[nH]c3ncc(-c4cccc(C=CC(=O)O)c4)cc23)c1. The molecule has 6 nitrogen and oxygen atoms in total. The Morgan fingerprint density at radius 3 is 2.70 bits per heavy atom. The van der Waals surface area contributed by atoms with E-state index < -0.39 is 5.97 Å². The van der Waals surface area contributed by atoms with Crippen molar-refractivity contribution in [2.45, 2.75) is 0 Å². The molecule has 0 bridgehead atoms. The number of rotatable bonds is 6. The molecule has 0 fully saturated rings. The second kappa shape index (κ2) is 8.05. The number of carboxylic acids is 1. The van der Waals surface area contributed by atoms with Crippen molar-refractivity contribution in [1.29, 1.82) is 0 Å². The number of carboxylic acid groups (broad SMARTS) is 1. The number of aliphatic carboxylic acids is 1. The summed E-state index contributed by atoms with van der Waals surface area (Å²) in [5.41, 5.74) is 4.13. The molecular weight excluding hydrogens is 380 g/mol. The number of nitrogens with one attached hydrogen (secondary N) is 1. The Balaban J connectivity index is 1.74. The third kappa shape index (κ3) is 3.84. The number of nitrogens with zero attached hydrogens (tertiary/aromatic N) is 1. The Kier molecular flexibility index (Phi) is 5.13. The number of ketones is 1. The van der Waals surface area contributed by atoms with Gasteiger partial charge in [-0.2, -0.15) is 0 Å². The van der Waals surface area contributed by atoms with Gasteiger partial charge >= 0.3 is 5.97 Å². The number of carbonyl (C=O) groups is 2. The van der Waals surface area contributed by atoms with Gasteiger partial charge in [0.25, 0.3) is 0 Å². The minimum absolute atomic E-state index is 0.128. The lowest BCUT2D eigenvalue weighted by Gasteiger charge is -2.05. The third-order valence-electron chi connectivity index (χ3n) is 4.75. The second-order valence-corrected chi connectivity index (χ2v) is 6.68. The summed E-state index contributed by atoms with van der Waals surface area (Å²) in [5.74, 6) is -0.514. The lowest BCUT2D eigenvalue weighted by molar-refractivity contribution is -0.131. The van der Waals surface area contributed by atoms with Gasteiger partial charge in [0.2, 0.25) is 0 Å². The Labute approximate surface area is 172 Å². The Morgan fingerprint density at radius 1 is 1.07 bits per heavy atom. The number of hydrogen-bond acceptors (Lipinski definition) is 4. The number of H-pyrrole nitrogens is 1. The average Bonchev–Trinajstić information content (AvgIpc) is 3.20. The van der Waals surface area contributed by atoms with Crippen molar-refractivity contribution in [2.75, 3.05) is 7.11 Å². The fraction of sp³-hybridized carbons (Fsp3) is 0.0417. The first-order chi connectivity index (χ1) is 14.5. The van der Waals surface area contributed by atoms with Crippen molar-refractivity contribution >= 4 is 28.9 Å². The molecule has 2 heterocycles. The van der Waals surface area contributed by atoms with Gasteiger partial charge in [-0.1, -0.05) is 30.3 Å². The van der Waals surface area contributed by atoms with E-state index in [-0.39, 0.29) is 5.78 Å². The van der Waals surface area contributed by atoms with Gasteiger partial charge < -0.3 is 14.8 Å². The smallest absolute Gasteiger partial charge is 0.328 e. The molecule has 2 aromatic carbocycles. The molecule has 0 saturated carbocycles. The number of methoxy groups -OCH3 is 1. The molecule has 0 atom stereocenters. The second-order valence-electron chi connectivity index (χ2n) is 6.68. The Morgan fingerprint density at radius 2 is 1.90 bits per heavy atom. The maximum atomic E-state index is 13.1. The van der Waals surface area contributed by atoms with Crippen molar-refractivity contribution < 1.29 is 19.4 Å². The monoisotopic (exact) mass is 398 g/mol. The molecule has 0 saturated heterocycles. The first-order valence-corrected chi connectivity index (χ1v) is 9.22. The van der Waals surface area contributed by atoms with E-state index in [1.807, 2.05) is 30.3 Å². The van der Waals surface area contributed by atoms with E-state index in [1.165, 1.54) is 6.08 Å². The zero-order chi connectivity index (χ0) is 21.1. The Hall–Kier alpha value is -4.19. The lowest BCUT2D eigenvalue weighted by Crippen LogP contribution is -2.00. The molecule has 0 amide bonds. The maximum absolute atomic E-state index is 13.1. The molecule has 0 radical (unpaired) electrons. The highest BCUT2D eigenvalue weighted by Gasteiger charge is 2.16. The molecule has 4 aromatic rings. The number of aromatic amines is 1. The van der Waals surface area contributed by atoms with Gasteiger partial charge in [-0.3, -0.25) is 4.79 Å². The van der Waals surface area contributed by atoms with Crippen LogP contribution in [0.25, 0.3) is 28.2 Å². The van der Waals surface area contributed by atoms with Crippen LogP contribution in [0.3, 0.4) is 0 Å². The molecule has 148 valence electrons. The molecule has 6 heteroatoms. The molecule has 0 aliphatic heterocycles. The van der Waals surface area contributed by atoms with Gasteiger partial charge in [0.1, 0.15) is 11.4 Å². The molecular formula is C24H18N2O4. The van der Waals surface area contributed by atoms with Crippen molar-refractivity contribution in [3.63, 3.8) is 0 Å². The van der Waals surface area contributed by atoms with Gasteiger partial charge in [0.15, 0.2) is 5.78 Å². The van der Waals surface area contributed by atoms with E-state index in [2.05, 4.69) is 9.97 Å². The third-order valence-corrected chi connectivity index (χ3v) is 4.75. The van der Waals surface area contributed by atoms with E-state index >= 15 is 0 Å². The van der Waals surface area contributed by atoms with Crippen LogP contribution in [0.4, 0.5) is 0 Å². The van der Waals surface area contributed by atoms with Crippen LogP contribution in [-0.2, 0) is 4.79 Å². The molecule has 2 aromatic heterocycles. The number of hydrogen-bond donors (Lipinski definition) is 2. The van der Waals surface area contributed by atoms with Gasteiger partial charge in [-0.15, -0.1) is 0 Å². The van der Waals surface area contributed by atoms with Gasteiger partial charge in [0.05, 0.1) is 7.11 Å². The largest absolute Gasteiger partial charge is 0.497 e. The summed E-state index contributed by atoms with van der Waals surface area (Å²) in [6.45, 7) is 0. The number of fused-ring (bicyclic) bond motifs is 1. The summed E-state index contributed by atoms with van der Waals surface area (Å²) in [4.78, 5) is 31.3. The highest BCUT2D eigenvalue weighted by Crippen LogP contribution is 2.27. The number of aromatic nitrogens is 2. The van der Waals surface area contributed by atoms with Crippen LogP contribution in [0.15, 0.2) is 73.1 Å². The minimum Gasteiger partial charge on any atom is -0.497 e. The molecule has 0 aliphatic carbocycles. The van der Waals surface area contributed by atoms with Crippen molar-refractivity contribution in [2.24, 2.45) is 0 Å². The Bertz CT molecular complexity index is 1290. The average molecular weight is 398 g/mol. The van der Waals surface area contributed by atoms with E-state index in [0.29, 0.717) is 27.9 Å². The fourth-order valence-corrected chi connectivity index (χ4v) is 3.26. The molecule has 0 aliphatic rings. The summed E-state index contributed by atoms with van der Waals surface area (Å²) in [5, 5.41) is 9.54. The summed E-state index contributed by atoms with van der Waals surface area (Å²) in [6, 6.07) is 16.4. The number of benzene rings is 2. The van der Waals surface area contributed by atoms with Crippen LogP contribution < -0.4 is 4.74 Å².